The number of aryl methyl sites for hydroxylation is 1. The minimum atomic E-state index is -0.256. The van der Waals surface area contributed by atoms with Crippen LogP contribution in [0.5, 0.6) is 0 Å². The van der Waals surface area contributed by atoms with E-state index in [0.29, 0.717) is 17.6 Å². The average Bonchev–Trinajstić information content (AvgIpc) is 3.27. The first-order valence-electron chi connectivity index (χ1n) is 7.54. The van der Waals surface area contributed by atoms with Crippen molar-refractivity contribution in [2.24, 2.45) is 7.05 Å². The number of H-pyrrole nitrogens is 1. The Labute approximate surface area is 136 Å². The summed E-state index contributed by atoms with van der Waals surface area (Å²) < 4.78 is 1.59. The van der Waals surface area contributed by atoms with Crippen LogP contribution >= 0.6 is 11.3 Å². The lowest BCUT2D eigenvalue weighted by Gasteiger charge is -2.23. The molecule has 6 nitrogen and oxygen atoms in total. The van der Waals surface area contributed by atoms with Crippen molar-refractivity contribution in [2.75, 3.05) is 6.54 Å². The molecule has 1 amide bonds. The number of hydrogen-bond acceptors (Lipinski definition) is 4. The molecule has 0 aliphatic carbocycles. The van der Waals surface area contributed by atoms with E-state index in [1.807, 2.05) is 16.3 Å². The number of fused-ring (bicyclic) bond motifs is 1. The van der Waals surface area contributed by atoms with Crippen LogP contribution in [0.15, 0.2) is 34.7 Å². The minimum Gasteiger partial charge on any atom is -0.345 e. The normalized spacial score (nSPS) is 18.0. The third-order valence-electron chi connectivity index (χ3n) is 4.40. The van der Waals surface area contributed by atoms with Crippen molar-refractivity contribution in [3.05, 3.63) is 50.6 Å². The number of aromatic nitrogens is 3. The summed E-state index contributed by atoms with van der Waals surface area (Å²) in [5, 5.41) is 6.54. The summed E-state index contributed by atoms with van der Waals surface area (Å²) in [7, 11) is 1.76. The lowest BCUT2D eigenvalue weighted by Crippen LogP contribution is -2.33. The van der Waals surface area contributed by atoms with Gasteiger partial charge in [0.1, 0.15) is 11.2 Å². The van der Waals surface area contributed by atoms with Gasteiger partial charge in [0.2, 0.25) is 5.43 Å². The van der Waals surface area contributed by atoms with E-state index in [9.17, 15) is 9.59 Å². The Morgan fingerprint density at radius 1 is 1.48 bits per heavy atom. The fourth-order valence-electron chi connectivity index (χ4n) is 3.23. The average molecular weight is 328 g/mol. The second-order valence-corrected chi connectivity index (χ2v) is 6.71. The van der Waals surface area contributed by atoms with Crippen LogP contribution in [0.4, 0.5) is 0 Å². The van der Waals surface area contributed by atoms with Gasteiger partial charge in [-0.2, -0.15) is 5.10 Å². The first-order chi connectivity index (χ1) is 11.2. The fourth-order valence-corrected chi connectivity index (χ4v) is 4.10. The monoisotopic (exact) mass is 328 g/mol. The van der Waals surface area contributed by atoms with E-state index in [4.69, 9.17) is 0 Å². The number of nitrogens with zero attached hydrogens (tertiary/aromatic N) is 3. The Morgan fingerprint density at radius 2 is 2.35 bits per heavy atom. The van der Waals surface area contributed by atoms with Gasteiger partial charge in [0.25, 0.3) is 5.91 Å². The smallest absolute Gasteiger partial charge is 0.259 e. The topological polar surface area (TPSA) is 71.0 Å². The minimum absolute atomic E-state index is 0.0755. The lowest BCUT2D eigenvalue weighted by atomic mass is 10.1. The van der Waals surface area contributed by atoms with Gasteiger partial charge in [0, 0.05) is 24.7 Å². The van der Waals surface area contributed by atoms with Crippen LogP contribution in [0.2, 0.25) is 0 Å². The van der Waals surface area contributed by atoms with E-state index in [-0.39, 0.29) is 22.9 Å². The summed E-state index contributed by atoms with van der Waals surface area (Å²) in [5.41, 5.74) is 0.561. The van der Waals surface area contributed by atoms with Crippen LogP contribution in [-0.2, 0) is 7.05 Å². The Kier molecular flexibility index (Phi) is 3.30. The van der Waals surface area contributed by atoms with Crippen molar-refractivity contribution in [2.45, 2.75) is 18.9 Å². The highest BCUT2D eigenvalue weighted by atomic mass is 32.1. The number of hydrogen-bond donors (Lipinski definition) is 1. The van der Waals surface area contributed by atoms with Gasteiger partial charge >= 0.3 is 0 Å². The maximum atomic E-state index is 12.9. The van der Waals surface area contributed by atoms with Gasteiger partial charge in [0.05, 0.1) is 17.6 Å². The summed E-state index contributed by atoms with van der Waals surface area (Å²) in [6, 6.07) is 4.12. The Hall–Kier alpha value is -2.41. The van der Waals surface area contributed by atoms with Crippen molar-refractivity contribution < 1.29 is 4.79 Å². The van der Waals surface area contributed by atoms with Gasteiger partial charge in [-0.3, -0.25) is 14.3 Å². The second kappa shape index (κ2) is 5.34. The molecular weight excluding hydrogens is 312 g/mol. The zero-order valence-electron chi connectivity index (χ0n) is 12.7. The largest absolute Gasteiger partial charge is 0.345 e. The number of nitrogens with one attached hydrogen (secondary N) is 1. The molecule has 4 rings (SSSR count). The molecule has 3 aromatic rings. The maximum absolute atomic E-state index is 12.9. The second-order valence-electron chi connectivity index (χ2n) is 5.73. The molecule has 0 saturated carbocycles. The number of amides is 1. The van der Waals surface area contributed by atoms with E-state index in [1.165, 1.54) is 17.3 Å². The lowest BCUT2D eigenvalue weighted by molar-refractivity contribution is 0.0736. The van der Waals surface area contributed by atoms with Crippen LogP contribution in [0, 0.1) is 0 Å². The summed E-state index contributed by atoms with van der Waals surface area (Å²) in [5.74, 6) is -0.201. The number of likely N-dealkylation sites (tertiary alicyclic amines) is 1. The quantitative estimate of drug-likeness (QED) is 0.784. The third kappa shape index (κ3) is 2.19. The van der Waals surface area contributed by atoms with Crippen molar-refractivity contribution in [1.29, 1.82) is 0 Å². The van der Waals surface area contributed by atoms with E-state index >= 15 is 0 Å². The highest BCUT2D eigenvalue weighted by Gasteiger charge is 2.32. The van der Waals surface area contributed by atoms with Gasteiger partial charge in [-0.25, -0.2) is 0 Å². The molecule has 0 aromatic carbocycles. The van der Waals surface area contributed by atoms with Gasteiger partial charge < -0.3 is 9.88 Å². The highest BCUT2D eigenvalue weighted by molar-refractivity contribution is 7.10. The van der Waals surface area contributed by atoms with Crippen LogP contribution in [0.25, 0.3) is 11.0 Å². The molecule has 1 fully saturated rings. The first kappa shape index (κ1) is 14.2. The maximum Gasteiger partial charge on any atom is 0.259 e. The molecule has 1 aliphatic rings. The Bertz CT molecular complexity index is 925. The van der Waals surface area contributed by atoms with Gasteiger partial charge in [-0.15, -0.1) is 11.3 Å². The fraction of sp³-hybridized carbons (Fsp3) is 0.312. The number of aromatic amines is 1. The molecule has 1 N–H and O–H groups in total. The molecule has 23 heavy (non-hydrogen) atoms. The van der Waals surface area contributed by atoms with Gasteiger partial charge in [-0.05, 0) is 24.3 Å². The van der Waals surface area contributed by atoms with E-state index in [1.54, 1.807) is 23.1 Å². The van der Waals surface area contributed by atoms with Crippen molar-refractivity contribution in [3.8, 4) is 0 Å². The molecule has 7 heteroatoms. The van der Waals surface area contributed by atoms with Crippen molar-refractivity contribution in [3.63, 3.8) is 0 Å². The number of thiophene rings is 1. The third-order valence-corrected chi connectivity index (χ3v) is 5.37. The molecule has 4 heterocycles. The number of carbonyl (C=O) groups is 1. The molecular formula is C16H16N4O2S. The molecule has 1 atom stereocenters. The van der Waals surface area contributed by atoms with Gasteiger partial charge in [-0.1, -0.05) is 6.07 Å². The van der Waals surface area contributed by atoms with E-state index < -0.39 is 0 Å². The molecule has 1 saturated heterocycles. The molecule has 0 unspecified atom stereocenters. The molecule has 3 aromatic heterocycles. The van der Waals surface area contributed by atoms with Crippen molar-refractivity contribution in [1.82, 2.24) is 19.7 Å². The standard InChI is InChI=1S/C16H16N4O2S/c1-19-15-10(9-18-19)14(21)11(8-17-15)16(22)20-6-2-4-12(20)13-5-3-7-23-13/h3,5,7-9,12H,2,4,6H2,1H3,(H,17,21)/t12-/m0/s1. The zero-order chi connectivity index (χ0) is 16.0. The van der Waals surface area contributed by atoms with Crippen LogP contribution < -0.4 is 5.43 Å². The number of rotatable bonds is 2. The Morgan fingerprint density at radius 3 is 3.13 bits per heavy atom. The van der Waals surface area contributed by atoms with Crippen LogP contribution in [0.1, 0.15) is 34.1 Å². The summed E-state index contributed by atoms with van der Waals surface area (Å²) >= 11 is 1.65. The predicted octanol–water partition coefficient (Wildman–Crippen LogP) is 2.30. The molecule has 0 spiro atoms. The number of pyridine rings is 1. The molecule has 0 bridgehead atoms. The summed E-state index contributed by atoms with van der Waals surface area (Å²) in [4.78, 5) is 31.5. The molecule has 0 radical (unpaired) electrons. The summed E-state index contributed by atoms with van der Waals surface area (Å²) in [6.07, 6.45) is 4.92. The summed E-state index contributed by atoms with van der Waals surface area (Å²) in [6.45, 7) is 0.686. The van der Waals surface area contributed by atoms with Crippen LogP contribution in [-0.4, -0.2) is 32.1 Å². The Balaban J connectivity index is 1.74. The highest BCUT2D eigenvalue weighted by Crippen LogP contribution is 2.35. The SMILES string of the molecule is Cn1ncc2c(=O)c(C(=O)N3CCC[C@H]3c3cccs3)c[nH]c21. The van der Waals surface area contributed by atoms with E-state index in [0.717, 1.165) is 12.8 Å². The van der Waals surface area contributed by atoms with E-state index in [2.05, 4.69) is 16.1 Å². The number of carbonyl (C=O) groups excluding carboxylic acids is 1. The molecule has 118 valence electrons. The van der Waals surface area contributed by atoms with Gasteiger partial charge in [0.15, 0.2) is 0 Å². The molecule has 1 aliphatic heterocycles. The first-order valence-corrected chi connectivity index (χ1v) is 8.42. The predicted molar refractivity (Wildman–Crippen MR) is 88.7 cm³/mol. The zero-order valence-corrected chi connectivity index (χ0v) is 13.5. The van der Waals surface area contributed by atoms with Crippen molar-refractivity contribution >= 4 is 28.3 Å². The van der Waals surface area contributed by atoms with Crippen LogP contribution in [0.3, 0.4) is 0 Å².